The van der Waals surface area contributed by atoms with E-state index >= 15 is 0 Å². The molecule has 25 heavy (non-hydrogen) atoms. The van der Waals surface area contributed by atoms with E-state index in [1.54, 1.807) is 36.4 Å². The van der Waals surface area contributed by atoms with Crippen LogP contribution in [0.4, 0.5) is 10.5 Å². The predicted molar refractivity (Wildman–Crippen MR) is 88.2 cm³/mol. The Morgan fingerprint density at radius 3 is 2.52 bits per heavy atom. The summed E-state index contributed by atoms with van der Waals surface area (Å²) >= 11 is 0. The Labute approximate surface area is 145 Å². The fourth-order valence-electron chi connectivity index (χ4n) is 2.46. The van der Waals surface area contributed by atoms with Gasteiger partial charge in [0.1, 0.15) is 6.54 Å². The van der Waals surface area contributed by atoms with Gasteiger partial charge >= 0.3 is 6.03 Å². The average Bonchev–Trinajstić information content (AvgIpc) is 2.82. The third-order valence-electron chi connectivity index (χ3n) is 3.79. The second kappa shape index (κ2) is 8.06. The number of benzene rings is 1. The molecule has 1 aliphatic rings. The van der Waals surface area contributed by atoms with Crippen LogP contribution in [0.25, 0.3) is 0 Å². The number of nitrogens with one attached hydrogen (secondary N) is 1. The molecule has 1 atom stereocenters. The lowest BCUT2D eigenvalue weighted by atomic mass is 10.0. The number of imide groups is 1. The zero-order valence-electron chi connectivity index (χ0n) is 13.8. The van der Waals surface area contributed by atoms with Crippen molar-refractivity contribution < 1.29 is 19.2 Å². The lowest BCUT2D eigenvalue weighted by Crippen LogP contribution is -2.33. The summed E-state index contributed by atoms with van der Waals surface area (Å²) in [7, 11) is 1.52. The van der Waals surface area contributed by atoms with Gasteiger partial charge < -0.3 is 10.2 Å². The van der Waals surface area contributed by atoms with E-state index in [4.69, 9.17) is 5.26 Å². The van der Waals surface area contributed by atoms with Crippen LogP contribution in [-0.4, -0.2) is 53.6 Å². The topological polar surface area (TPSA) is 111 Å². The number of ketones is 1. The highest BCUT2D eigenvalue weighted by Gasteiger charge is 2.33. The van der Waals surface area contributed by atoms with Crippen LogP contribution in [-0.2, 0) is 14.4 Å². The molecule has 1 unspecified atom stereocenters. The summed E-state index contributed by atoms with van der Waals surface area (Å²) < 4.78 is 0. The number of amides is 4. The third kappa shape index (κ3) is 4.41. The molecular formula is C17H18N4O4. The molecule has 1 aliphatic heterocycles. The van der Waals surface area contributed by atoms with Crippen molar-refractivity contribution in [3.63, 3.8) is 0 Å². The van der Waals surface area contributed by atoms with Crippen molar-refractivity contribution in [2.45, 2.75) is 12.8 Å². The van der Waals surface area contributed by atoms with Gasteiger partial charge in [-0.15, -0.1) is 0 Å². The van der Waals surface area contributed by atoms with Crippen LogP contribution in [0.1, 0.15) is 12.8 Å². The Kier molecular flexibility index (Phi) is 5.84. The number of urea groups is 1. The average molecular weight is 342 g/mol. The van der Waals surface area contributed by atoms with Crippen LogP contribution in [0.2, 0.25) is 0 Å². The van der Waals surface area contributed by atoms with E-state index < -0.39 is 23.6 Å². The minimum atomic E-state index is -1.42. The first-order chi connectivity index (χ1) is 11.9. The lowest BCUT2D eigenvalue weighted by Gasteiger charge is -2.14. The minimum Gasteiger partial charge on any atom is -0.325 e. The fraction of sp³-hybridized carbons (Fsp3) is 0.353. The van der Waals surface area contributed by atoms with Gasteiger partial charge in [0.2, 0.25) is 11.8 Å². The van der Waals surface area contributed by atoms with E-state index in [1.165, 1.54) is 11.9 Å². The summed E-state index contributed by atoms with van der Waals surface area (Å²) in [6.45, 7) is 0.110. The number of rotatable bonds is 7. The van der Waals surface area contributed by atoms with Crippen LogP contribution in [0, 0.1) is 17.2 Å². The van der Waals surface area contributed by atoms with E-state index in [1.807, 2.05) is 0 Å². The van der Waals surface area contributed by atoms with Crippen LogP contribution in [0.15, 0.2) is 30.3 Å². The Balaban J connectivity index is 1.86. The molecule has 0 saturated carbocycles. The number of Topliss-reactive ketones (excluding diaryl/α,β-unsaturated/α-hetero) is 1. The van der Waals surface area contributed by atoms with Gasteiger partial charge in [-0.2, -0.15) is 5.26 Å². The SMILES string of the molecule is CN1CC(=O)N(CCCC(=O)C(C#N)C(=O)Nc2ccccc2)C1=O. The molecule has 1 aromatic rings. The van der Waals surface area contributed by atoms with Gasteiger partial charge in [-0.05, 0) is 18.6 Å². The monoisotopic (exact) mass is 342 g/mol. The van der Waals surface area contributed by atoms with Crippen molar-refractivity contribution in [2.75, 3.05) is 25.5 Å². The summed E-state index contributed by atoms with van der Waals surface area (Å²) in [5, 5.41) is 11.6. The van der Waals surface area contributed by atoms with E-state index in [9.17, 15) is 19.2 Å². The molecule has 8 heteroatoms. The van der Waals surface area contributed by atoms with Crippen molar-refractivity contribution >= 4 is 29.3 Å². The Bertz CT molecular complexity index is 726. The van der Waals surface area contributed by atoms with Crippen molar-refractivity contribution in [2.24, 2.45) is 5.92 Å². The molecule has 1 aromatic carbocycles. The lowest BCUT2D eigenvalue weighted by molar-refractivity contribution is -0.130. The largest absolute Gasteiger partial charge is 0.326 e. The van der Waals surface area contributed by atoms with Gasteiger partial charge in [0.05, 0.1) is 6.07 Å². The van der Waals surface area contributed by atoms with Crippen molar-refractivity contribution in [3.05, 3.63) is 30.3 Å². The number of nitriles is 1. The molecule has 0 aliphatic carbocycles. The third-order valence-corrected chi connectivity index (χ3v) is 3.79. The molecule has 0 aromatic heterocycles. The van der Waals surface area contributed by atoms with Gasteiger partial charge in [-0.3, -0.25) is 19.3 Å². The zero-order valence-corrected chi connectivity index (χ0v) is 13.8. The maximum atomic E-state index is 12.1. The highest BCUT2D eigenvalue weighted by molar-refractivity contribution is 6.09. The normalized spacial score (nSPS) is 15.0. The van der Waals surface area contributed by atoms with Crippen LogP contribution >= 0.6 is 0 Å². The number of hydrogen-bond donors (Lipinski definition) is 1. The molecule has 8 nitrogen and oxygen atoms in total. The summed E-state index contributed by atoms with van der Waals surface area (Å²) in [5.74, 6) is -2.97. The first kappa shape index (κ1) is 18.1. The van der Waals surface area contributed by atoms with Crippen LogP contribution in [0.3, 0.4) is 0 Å². The van der Waals surface area contributed by atoms with E-state index in [0.717, 1.165) is 4.90 Å². The minimum absolute atomic E-state index is 0.0209. The summed E-state index contributed by atoms with van der Waals surface area (Å²) in [5.41, 5.74) is 0.497. The summed E-state index contributed by atoms with van der Waals surface area (Å²) in [4.78, 5) is 49.9. The first-order valence-corrected chi connectivity index (χ1v) is 7.77. The van der Waals surface area contributed by atoms with Gasteiger partial charge in [0.25, 0.3) is 0 Å². The second-order valence-corrected chi connectivity index (χ2v) is 5.67. The number of carbonyl (C=O) groups is 4. The van der Waals surface area contributed by atoms with Crippen LogP contribution < -0.4 is 5.32 Å². The first-order valence-electron chi connectivity index (χ1n) is 7.77. The molecule has 4 amide bonds. The molecule has 1 fully saturated rings. The number of para-hydroxylation sites is 1. The number of carbonyl (C=O) groups excluding carboxylic acids is 4. The quantitative estimate of drug-likeness (QED) is 0.587. The van der Waals surface area contributed by atoms with Crippen molar-refractivity contribution in [1.82, 2.24) is 9.80 Å². The van der Waals surface area contributed by atoms with Gasteiger partial charge in [0, 0.05) is 25.7 Å². The Hall–Kier alpha value is -3.21. The number of nitrogens with zero attached hydrogens (tertiary/aromatic N) is 3. The molecular weight excluding hydrogens is 324 g/mol. The van der Waals surface area contributed by atoms with Crippen molar-refractivity contribution in [1.29, 1.82) is 5.26 Å². The van der Waals surface area contributed by atoms with E-state index in [0.29, 0.717) is 5.69 Å². The molecule has 1 N–H and O–H groups in total. The molecule has 130 valence electrons. The summed E-state index contributed by atoms with van der Waals surface area (Å²) in [6.07, 6.45) is 0.141. The maximum absolute atomic E-state index is 12.1. The van der Waals surface area contributed by atoms with E-state index in [-0.39, 0.29) is 31.8 Å². The van der Waals surface area contributed by atoms with Gasteiger partial charge in [0.15, 0.2) is 11.7 Å². The van der Waals surface area contributed by atoms with Crippen LogP contribution in [0.5, 0.6) is 0 Å². The number of anilines is 1. The molecule has 0 bridgehead atoms. The zero-order chi connectivity index (χ0) is 18.4. The van der Waals surface area contributed by atoms with E-state index in [2.05, 4.69) is 5.32 Å². The number of likely N-dealkylation sites (N-methyl/N-ethyl adjacent to an activating group) is 1. The molecule has 0 radical (unpaired) electrons. The molecule has 1 heterocycles. The van der Waals surface area contributed by atoms with Gasteiger partial charge in [-0.25, -0.2) is 4.79 Å². The standard InChI is InChI=1S/C17H18N4O4/c1-20-11-15(23)21(17(20)25)9-5-8-14(22)13(10-18)16(24)19-12-6-3-2-4-7-12/h2-4,6-7,13H,5,8-9,11H2,1H3,(H,19,24). The highest BCUT2D eigenvalue weighted by Crippen LogP contribution is 2.13. The number of hydrogen-bond acceptors (Lipinski definition) is 5. The maximum Gasteiger partial charge on any atom is 0.326 e. The highest BCUT2D eigenvalue weighted by atomic mass is 16.2. The molecule has 2 rings (SSSR count). The Morgan fingerprint density at radius 2 is 1.96 bits per heavy atom. The predicted octanol–water partition coefficient (Wildman–Crippen LogP) is 1.01. The smallest absolute Gasteiger partial charge is 0.325 e. The molecule has 0 spiro atoms. The second-order valence-electron chi connectivity index (χ2n) is 5.67. The van der Waals surface area contributed by atoms with Crippen molar-refractivity contribution in [3.8, 4) is 6.07 Å². The molecule has 1 saturated heterocycles. The summed E-state index contributed by atoms with van der Waals surface area (Å²) in [6, 6.07) is 9.83. The Morgan fingerprint density at radius 1 is 1.28 bits per heavy atom. The fourth-order valence-corrected chi connectivity index (χ4v) is 2.46. The van der Waals surface area contributed by atoms with Gasteiger partial charge in [-0.1, -0.05) is 18.2 Å².